The van der Waals surface area contributed by atoms with Crippen molar-refractivity contribution < 1.29 is 14.4 Å². The molecular formula is C20H28N6O3. The number of anilines is 1. The van der Waals surface area contributed by atoms with Gasteiger partial charge in [-0.15, -0.1) is 0 Å². The Morgan fingerprint density at radius 1 is 1.31 bits per heavy atom. The average molecular weight is 400 g/mol. The van der Waals surface area contributed by atoms with Crippen molar-refractivity contribution in [3.05, 3.63) is 17.8 Å². The van der Waals surface area contributed by atoms with Crippen molar-refractivity contribution in [2.45, 2.75) is 53.0 Å². The van der Waals surface area contributed by atoms with Gasteiger partial charge in [-0.3, -0.25) is 29.9 Å². The van der Waals surface area contributed by atoms with Gasteiger partial charge < -0.3 is 4.90 Å². The van der Waals surface area contributed by atoms with Crippen LogP contribution in [0.1, 0.15) is 45.6 Å². The molecule has 2 amide bonds. The Balaban J connectivity index is 1.69. The van der Waals surface area contributed by atoms with Gasteiger partial charge in [0.1, 0.15) is 11.9 Å². The molecule has 29 heavy (non-hydrogen) atoms. The number of carbonyl (C=O) groups excluding carboxylic acids is 3. The summed E-state index contributed by atoms with van der Waals surface area (Å²) < 4.78 is 1.66. The first-order valence-corrected chi connectivity index (χ1v) is 9.86. The SMILES string of the molecule is CCC(C)(C)C(=O)C(=O)N1CCCC1C(=O)NNc1cc(C)c2cnn(C)c2n1. The number of hydrazine groups is 1. The van der Waals surface area contributed by atoms with Gasteiger partial charge in [0, 0.05) is 24.4 Å². The third kappa shape index (κ3) is 3.94. The van der Waals surface area contributed by atoms with Crippen molar-refractivity contribution in [1.82, 2.24) is 25.1 Å². The van der Waals surface area contributed by atoms with Crippen LogP contribution < -0.4 is 10.9 Å². The van der Waals surface area contributed by atoms with E-state index in [1.807, 2.05) is 19.9 Å². The molecule has 0 bridgehead atoms. The van der Waals surface area contributed by atoms with E-state index in [1.54, 1.807) is 31.8 Å². The van der Waals surface area contributed by atoms with Crippen LogP contribution in [0.25, 0.3) is 11.0 Å². The van der Waals surface area contributed by atoms with Crippen LogP contribution in [0.4, 0.5) is 5.82 Å². The minimum atomic E-state index is -0.737. The normalized spacial score (nSPS) is 16.9. The lowest BCUT2D eigenvalue weighted by Gasteiger charge is -2.27. The molecular weight excluding hydrogens is 372 g/mol. The minimum Gasteiger partial charge on any atom is -0.324 e. The highest BCUT2D eigenvalue weighted by molar-refractivity contribution is 6.38. The van der Waals surface area contributed by atoms with E-state index in [4.69, 9.17) is 0 Å². The molecule has 2 aromatic rings. The Bertz CT molecular complexity index is 965. The second kappa shape index (κ2) is 7.81. The van der Waals surface area contributed by atoms with Crippen molar-refractivity contribution in [2.75, 3.05) is 12.0 Å². The number of fused-ring (bicyclic) bond motifs is 1. The lowest BCUT2D eigenvalue weighted by atomic mass is 9.84. The van der Waals surface area contributed by atoms with Crippen LogP contribution in [-0.4, -0.2) is 49.8 Å². The molecule has 1 aliphatic heterocycles. The van der Waals surface area contributed by atoms with E-state index in [-0.39, 0.29) is 5.91 Å². The first-order valence-electron chi connectivity index (χ1n) is 9.86. The molecule has 2 aromatic heterocycles. The Kier molecular flexibility index (Phi) is 5.59. The van der Waals surface area contributed by atoms with E-state index in [2.05, 4.69) is 20.9 Å². The molecule has 3 heterocycles. The summed E-state index contributed by atoms with van der Waals surface area (Å²) in [6, 6.07) is 1.14. The molecule has 1 fully saturated rings. The van der Waals surface area contributed by atoms with Gasteiger partial charge in [-0.2, -0.15) is 5.10 Å². The van der Waals surface area contributed by atoms with Gasteiger partial charge in [-0.25, -0.2) is 4.98 Å². The maximum atomic E-state index is 12.7. The molecule has 0 radical (unpaired) electrons. The lowest BCUT2D eigenvalue weighted by molar-refractivity contribution is -0.151. The fourth-order valence-electron chi connectivity index (χ4n) is 3.41. The van der Waals surface area contributed by atoms with Crippen LogP contribution in [0.15, 0.2) is 12.3 Å². The van der Waals surface area contributed by atoms with E-state index >= 15 is 0 Å². The van der Waals surface area contributed by atoms with Gasteiger partial charge in [-0.05, 0) is 37.8 Å². The van der Waals surface area contributed by atoms with Crippen LogP contribution >= 0.6 is 0 Å². The zero-order chi connectivity index (χ0) is 21.3. The van der Waals surface area contributed by atoms with Crippen molar-refractivity contribution in [3.8, 4) is 0 Å². The van der Waals surface area contributed by atoms with E-state index in [0.717, 1.165) is 10.9 Å². The zero-order valence-corrected chi connectivity index (χ0v) is 17.6. The first-order chi connectivity index (χ1) is 13.7. The molecule has 156 valence electrons. The van der Waals surface area contributed by atoms with Crippen LogP contribution in [-0.2, 0) is 21.4 Å². The molecule has 9 nitrogen and oxygen atoms in total. The maximum Gasteiger partial charge on any atom is 0.291 e. The number of pyridine rings is 1. The first kappa shape index (κ1) is 20.8. The summed E-state index contributed by atoms with van der Waals surface area (Å²) in [4.78, 5) is 43.8. The molecule has 0 aromatic carbocycles. The number of likely N-dealkylation sites (tertiary alicyclic amines) is 1. The summed E-state index contributed by atoms with van der Waals surface area (Å²) in [7, 11) is 1.80. The topological polar surface area (TPSA) is 109 Å². The number of aryl methyl sites for hydroxylation is 2. The standard InChI is InChI=1S/C20H28N6O3/c1-6-20(3,4)16(27)19(29)26-9-7-8-14(26)18(28)24-23-15-10-12(2)13-11-21-25(5)17(13)22-15/h10-11,14H,6-9H2,1-5H3,(H,22,23)(H,24,28). The number of rotatable bonds is 6. The van der Waals surface area contributed by atoms with Crippen LogP contribution in [0.3, 0.4) is 0 Å². The van der Waals surface area contributed by atoms with Crippen molar-refractivity contribution in [2.24, 2.45) is 12.5 Å². The van der Waals surface area contributed by atoms with Crippen LogP contribution in [0, 0.1) is 12.3 Å². The second-order valence-electron chi connectivity index (χ2n) is 8.17. The zero-order valence-electron chi connectivity index (χ0n) is 17.6. The largest absolute Gasteiger partial charge is 0.324 e. The highest BCUT2D eigenvalue weighted by Gasteiger charge is 2.41. The van der Waals surface area contributed by atoms with Crippen molar-refractivity contribution in [3.63, 3.8) is 0 Å². The van der Waals surface area contributed by atoms with Gasteiger partial charge >= 0.3 is 0 Å². The molecule has 0 spiro atoms. The van der Waals surface area contributed by atoms with Gasteiger partial charge in [0.25, 0.3) is 11.8 Å². The van der Waals surface area contributed by atoms with Crippen molar-refractivity contribution in [1.29, 1.82) is 0 Å². The predicted octanol–water partition coefficient (Wildman–Crippen LogP) is 1.72. The van der Waals surface area contributed by atoms with Gasteiger partial charge in [-0.1, -0.05) is 20.8 Å². The van der Waals surface area contributed by atoms with Crippen LogP contribution in [0.5, 0.6) is 0 Å². The maximum absolute atomic E-state index is 12.7. The van der Waals surface area contributed by atoms with E-state index < -0.39 is 23.1 Å². The molecule has 1 atom stereocenters. The molecule has 9 heteroatoms. The Hall–Kier alpha value is -2.97. The highest BCUT2D eigenvalue weighted by atomic mass is 16.2. The minimum absolute atomic E-state index is 0.359. The summed E-state index contributed by atoms with van der Waals surface area (Å²) in [5.74, 6) is -0.917. The van der Waals surface area contributed by atoms with Gasteiger partial charge in [0.2, 0.25) is 5.78 Å². The third-order valence-electron chi connectivity index (χ3n) is 5.73. The molecule has 1 aliphatic rings. The summed E-state index contributed by atoms with van der Waals surface area (Å²) in [5, 5.41) is 5.13. The number of carbonyl (C=O) groups is 3. The Labute approximate surface area is 169 Å². The summed E-state index contributed by atoms with van der Waals surface area (Å²) in [5.41, 5.74) is 6.40. The fraction of sp³-hybridized carbons (Fsp3) is 0.550. The molecule has 1 unspecified atom stereocenters. The smallest absolute Gasteiger partial charge is 0.291 e. The number of ketones is 1. The molecule has 2 N–H and O–H groups in total. The lowest BCUT2D eigenvalue weighted by Crippen LogP contribution is -2.51. The molecule has 0 aliphatic carbocycles. The van der Waals surface area contributed by atoms with Crippen molar-refractivity contribution >= 4 is 34.4 Å². The number of nitrogens with one attached hydrogen (secondary N) is 2. The fourth-order valence-corrected chi connectivity index (χ4v) is 3.41. The highest BCUT2D eigenvalue weighted by Crippen LogP contribution is 2.25. The summed E-state index contributed by atoms with van der Waals surface area (Å²) >= 11 is 0. The van der Waals surface area contributed by atoms with Crippen LogP contribution in [0.2, 0.25) is 0 Å². The third-order valence-corrected chi connectivity index (χ3v) is 5.73. The summed E-state index contributed by atoms with van der Waals surface area (Å²) in [6.45, 7) is 7.72. The number of hydrogen-bond acceptors (Lipinski definition) is 6. The Morgan fingerprint density at radius 2 is 2.03 bits per heavy atom. The number of Topliss-reactive ketones (excluding diaryl/α,β-unsaturated/α-hetero) is 1. The number of hydrogen-bond donors (Lipinski definition) is 2. The van der Waals surface area contributed by atoms with Gasteiger partial charge in [0.15, 0.2) is 5.65 Å². The Morgan fingerprint density at radius 3 is 2.72 bits per heavy atom. The number of aromatic nitrogens is 3. The quantitative estimate of drug-likeness (QED) is 0.564. The summed E-state index contributed by atoms with van der Waals surface area (Å²) in [6.07, 6.45) is 3.51. The second-order valence-corrected chi connectivity index (χ2v) is 8.17. The van der Waals surface area contributed by atoms with Gasteiger partial charge in [0.05, 0.1) is 6.20 Å². The molecule has 3 rings (SSSR count). The molecule has 0 saturated carbocycles. The average Bonchev–Trinajstić information content (AvgIpc) is 3.32. The van der Waals surface area contributed by atoms with E-state index in [0.29, 0.717) is 37.3 Å². The number of amides is 2. The number of nitrogens with zero attached hydrogens (tertiary/aromatic N) is 4. The van der Waals surface area contributed by atoms with E-state index in [1.165, 1.54) is 4.90 Å². The monoisotopic (exact) mass is 400 g/mol. The van der Waals surface area contributed by atoms with E-state index in [9.17, 15) is 14.4 Å². The molecule has 1 saturated heterocycles. The predicted molar refractivity (Wildman–Crippen MR) is 109 cm³/mol.